The number of aromatic nitrogens is 1. The number of aryl methyl sites for hydroxylation is 1. The lowest BCUT2D eigenvalue weighted by Crippen LogP contribution is -2.35. The van der Waals surface area contributed by atoms with Crippen LogP contribution in [-0.2, 0) is 19.4 Å². The van der Waals surface area contributed by atoms with Crippen molar-refractivity contribution in [1.82, 2.24) is 9.88 Å². The Morgan fingerprint density at radius 2 is 1.88 bits per heavy atom. The van der Waals surface area contributed by atoms with Gasteiger partial charge in [0.25, 0.3) is 0 Å². The number of hydrogen-bond acceptors (Lipinski definition) is 1. The second-order valence-electron chi connectivity index (χ2n) is 6.69. The first-order valence-corrected chi connectivity index (χ1v) is 10.9. The second-order valence-corrected chi connectivity index (χ2v) is 6.69. The molecule has 3 aromatic rings. The van der Waals surface area contributed by atoms with Gasteiger partial charge < -0.3 is 4.98 Å². The maximum atomic E-state index is 14.0. The summed E-state index contributed by atoms with van der Waals surface area (Å²) in [6.07, 6.45) is 2.71. The van der Waals surface area contributed by atoms with Crippen molar-refractivity contribution in [2.45, 2.75) is 31.8 Å². The Kier molecular flexibility index (Phi) is 6.29. The van der Waals surface area contributed by atoms with Crippen molar-refractivity contribution in [2.24, 2.45) is 0 Å². The highest BCUT2D eigenvalue weighted by Gasteiger charge is 2.26. The highest BCUT2D eigenvalue weighted by Crippen LogP contribution is 2.32. The Labute approximate surface area is 166 Å². The lowest BCUT2D eigenvalue weighted by atomic mass is 9.90. The lowest BCUT2D eigenvalue weighted by molar-refractivity contribution is 0.214. The number of halogens is 3. The molecular formula is C21H23F2IN2. The average Bonchev–Trinajstić information content (AvgIpc) is 3.02. The molecule has 0 spiro atoms. The Morgan fingerprint density at radius 3 is 2.62 bits per heavy atom. The first-order valence-electron chi connectivity index (χ1n) is 8.72. The van der Waals surface area contributed by atoms with Crippen LogP contribution < -0.4 is 0 Å². The molecule has 1 unspecified atom stereocenters. The molecule has 1 atom stereocenters. The fraction of sp³-hybridized carbons (Fsp3) is 0.333. The van der Waals surface area contributed by atoms with Gasteiger partial charge >= 0.3 is 0 Å². The molecule has 2 aromatic carbocycles. The van der Waals surface area contributed by atoms with Crippen molar-refractivity contribution < 1.29 is 8.78 Å². The van der Waals surface area contributed by atoms with Gasteiger partial charge in [0.15, 0.2) is 0 Å². The van der Waals surface area contributed by atoms with Gasteiger partial charge in [-0.25, -0.2) is 8.78 Å². The fourth-order valence-corrected chi connectivity index (χ4v) is 3.80. The maximum Gasteiger partial charge on any atom is 0.150 e. The van der Waals surface area contributed by atoms with Gasteiger partial charge in [0.1, 0.15) is 11.6 Å². The summed E-state index contributed by atoms with van der Waals surface area (Å²) in [6, 6.07) is 13.1. The van der Waals surface area contributed by atoms with Crippen LogP contribution in [0.1, 0.15) is 23.2 Å². The molecule has 1 aliphatic carbocycles. The number of H-pyrrole nitrogens is 1. The summed E-state index contributed by atoms with van der Waals surface area (Å²) in [7, 11) is 2.12. The van der Waals surface area contributed by atoms with Crippen LogP contribution in [0.15, 0.2) is 42.5 Å². The molecule has 0 radical (unpaired) electrons. The second kappa shape index (κ2) is 8.48. The monoisotopic (exact) mass is 468 g/mol. The van der Waals surface area contributed by atoms with Gasteiger partial charge in [0.05, 0.1) is 5.52 Å². The zero-order valence-corrected chi connectivity index (χ0v) is 17.2. The van der Waals surface area contributed by atoms with Crippen molar-refractivity contribution in [3.63, 3.8) is 0 Å². The van der Waals surface area contributed by atoms with Crippen molar-refractivity contribution in [1.29, 1.82) is 0 Å². The van der Waals surface area contributed by atoms with E-state index in [0.29, 0.717) is 16.9 Å². The molecule has 4 rings (SSSR count). The average molecular weight is 468 g/mol. The molecule has 0 bridgehead atoms. The van der Waals surface area contributed by atoms with E-state index in [1.807, 2.05) is 23.1 Å². The topological polar surface area (TPSA) is 19.0 Å². The molecule has 0 saturated heterocycles. The molecular weight excluding hydrogens is 445 g/mol. The first-order chi connectivity index (χ1) is 12.6. The number of aromatic amines is 1. The number of likely N-dealkylation sites (N-methyl/N-ethyl adjacent to an activating group) is 1. The number of hydrogen-bond donors (Lipinski definition) is 1. The molecule has 1 N–H and O–H groups in total. The Morgan fingerprint density at radius 1 is 1.15 bits per heavy atom. The van der Waals surface area contributed by atoms with Gasteiger partial charge in [0.2, 0.25) is 0 Å². The predicted molar refractivity (Wildman–Crippen MR) is 112 cm³/mol. The molecule has 26 heavy (non-hydrogen) atoms. The van der Waals surface area contributed by atoms with Crippen LogP contribution in [0, 0.1) is 11.6 Å². The van der Waals surface area contributed by atoms with E-state index in [-0.39, 0.29) is 0 Å². The van der Waals surface area contributed by atoms with Crippen LogP contribution in [0.5, 0.6) is 0 Å². The summed E-state index contributed by atoms with van der Waals surface area (Å²) in [6.45, 7) is 0.881. The molecule has 1 aromatic heterocycles. The number of nitrogens with zero attached hydrogens (tertiary/aromatic N) is 1. The summed E-state index contributed by atoms with van der Waals surface area (Å²) in [5.41, 5.74) is 3.84. The number of fused-ring (bicyclic) bond motifs is 3. The molecule has 5 heteroatoms. The molecule has 0 amide bonds. The van der Waals surface area contributed by atoms with E-state index < -0.39 is 11.6 Å². The number of alkyl halides is 1. The molecule has 0 fully saturated rings. The van der Waals surface area contributed by atoms with Crippen LogP contribution in [0.25, 0.3) is 10.9 Å². The third-order valence-corrected chi connectivity index (χ3v) is 5.09. The molecule has 2 nitrogen and oxygen atoms in total. The summed E-state index contributed by atoms with van der Waals surface area (Å²) in [5.74, 6) is -1.02. The summed E-state index contributed by atoms with van der Waals surface area (Å²) in [4.78, 5) is 7.47. The van der Waals surface area contributed by atoms with Crippen LogP contribution in [0.4, 0.5) is 8.78 Å². The molecule has 0 saturated carbocycles. The fourth-order valence-electron chi connectivity index (χ4n) is 3.80. The summed E-state index contributed by atoms with van der Waals surface area (Å²) in [5, 5.41) is 0.695. The van der Waals surface area contributed by atoms with E-state index in [2.05, 4.69) is 51.7 Å². The predicted octanol–water partition coefficient (Wildman–Crippen LogP) is 5.49. The zero-order valence-electron chi connectivity index (χ0n) is 15.0. The van der Waals surface area contributed by atoms with Gasteiger partial charge in [-0.05, 0) is 48.4 Å². The minimum absolute atomic E-state index is 0.378. The Hall–Kier alpha value is -1.47. The highest BCUT2D eigenvalue weighted by atomic mass is 127. The van der Waals surface area contributed by atoms with Crippen LogP contribution in [-0.4, -0.2) is 27.9 Å². The molecule has 1 heterocycles. The van der Waals surface area contributed by atoms with Gasteiger partial charge in [0, 0.05) is 29.7 Å². The third-order valence-electron chi connectivity index (χ3n) is 5.09. The molecule has 0 aliphatic heterocycles. The Balaban J connectivity index is 0.000000948. The largest absolute Gasteiger partial charge is 0.356 e. The van der Waals surface area contributed by atoms with Gasteiger partial charge in [-0.3, -0.25) is 4.90 Å². The summed E-state index contributed by atoms with van der Waals surface area (Å²) < 4.78 is 27.6. The maximum absolute atomic E-state index is 14.0. The summed E-state index contributed by atoms with van der Waals surface area (Å²) >= 11 is 2.15. The van der Waals surface area contributed by atoms with Crippen molar-refractivity contribution in [2.75, 3.05) is 12.0 Å². The minimum Gasteiger partial charge on any atom is -0.356 e. The normalized spacial score (nSPS) is 16.3. The highest BCUT2D eigenvalue weighted by molar-refractivity contribution is 14.1. The smallest absolute Gasteiger partial charge is 0.150 e. The van der Waals surface area contributed by atoms with Crippen LogP contribution in [0.3, 0.4) is 0 Å². The first kappa shape index (κ1) is 19.3. The van der Waals surface area contributed by atoms with E-state index >= 15 is 0 Å². The van der Waals surface area contributed by atoms with Crippen LogP contribution in [0.2, 0.25) is 0 Å². The van der Waals surface area contributed by atoms with Crippen molar-refractivity contribution >= 4 is 33.5 Å². The van der Waals surface area contributed by atoms with Gasteiger partial charge in [-0.2, -0.15) is 0 Å². The number of rotatable bonds is 3. The van der Waals surface area contributed by atoms with Gasteiger partial charge in [-0.15, -0.1) is 0 Å². The van der Waals surface area contributed by atoms with Crippen LogP contribution >= 0.6 is 22.6 Å². The third kappa shape index (κ3) is 3.93. The standard InChI is InChI=1S/C20H20F2N2.CH3I/c1-24(12-13-5-3-2-4-6-13)15-7-8-19-16(11-15)17-9-14(21)10-18(22)20(17)23-19;1-2/h2-6,9-10,15,23H,7-8,11-12H2,1H3;1H3. The quantitative estimate of drug-likeness (QED) is 0.398. The van der Waals surface area contributed by atoms with E-state index in [1.54, 1.807) is 0 Å². The number of benzene rings is 2. The van der Waals surface area contributed by atoms with E-state index in [9.17, 15) is 8.78 Å². The SMILES string of the molecule is CI.CN(Cc1ccccc1)C1CCc2[nH]c3c(F)cc(F)cc3c2C1. The van der Waals surface area contributed by atoms with E-state index in [1.165, 1.54) is 11.6 Å². The van der Waals surface area contributed by atoms with E-state index in [4.69, 9.17) is 0 Å². The van der Waals surface area contributed by atoms with Crippen molar-refractivity contribution in [3.05, 3.63) is 70.9 Å². The number of nitrogens with one attached hydrogen (secondary N) is 1. The van der Waals surface area contributed by atoms with Crippen molar-refractivity contribution in [3.8, 4) is 0 Å². The lowest BCUT2D eigenvalue weighted by Gasteiger charge is -2.31. The van der Waals surface area contributed by atoms with Gasteiger partial charge in [-0.1, -0.05) is 52.9 Å². The molecule has 138 valence electrons. The molecule has 1 aliphatic rings. The Bertz CT molecular complexity index is 877. The zero-order chi connectivity index (χ0) is 18.7. The minimum atomic E-state index is -0.512. The van der Waals surface area contributed by atoms with E-state index in [0.717, 1.165) is 43.1 Å².